The molecule has 2 rings (SSSR count). The maximum atomic E-state index is 12.0. The van der Waals surface area contributed by atoms with Gasteiger partial charge in [0.2, 0.25) is 11.8 Å². The lowest BCUT2D eigenvalue weighted by Crippen LogP contribution is -2.54. The molecule has 5 N–H and O–H groups in total. The van der Waals surface area contributed by atoms with E-state index in [1.807, 2.05) is 0 Å². The van der Waals surface area contributed by atoms with E-state index in [0.717, 1.165) is 5.56 Å². The number of primary amides is 1. The number of hydrogen-bond acceptors (Lipinski definition) is 4. The Balaban J connectivity index is 1.97. The molecule has 0 aliphatic carbocycles. The lowest BCUT2D eigenvalue weighted by Gasteiger charge is -2.20. The highest BCUT2D eigenvalue weighted by Gasteiger charge is 2.37. The van der Waals surface area contributed by atoms with Crippen LogP contribution < -0.4 is 16.8 Å². The van der Waals surface area contributed by atoms with Crippen LogP contribution in [-0.2, 0) is 16.1 Å². The van der Waals surface area contributed by atoms with E-state index in [1.165, 1.54) is 0 Å². The number of ether oxygens (including phenoxy) is 1. The molecular formula is C13H17N3O3. The molecule has 1 aromatic carbocycles. The van der Waals surface area contributed by atoms with Gasteiger partial charge in [-0.05, 0) is 24.1 Å². The van der Waals surface area contributed by atoms with Crippen molar-refractivity contribution in [2.24, 2.45) is 11.5 Å². The van der Waals surface area contributed by atoms with Gasteiger partial charge in [0.05, 0.1) is 6.61 Å². The van der Waals surface area contributed by atoms with Crippen LogP contribution in [0.2, 0.25) is 0 Å². The molecule has 0 spiro atoms. The van der Waals surface area contributed by atoms with Crippen LogP contribution in [0.1, 0.15) is 22.3 Å². The molecule has 1 saturated heterocycles. The zero-order valence-electron chi connectivity index (χ0n) is 10.5. The minimum atomic E-state index is -0.943. The predicted octanol–water partition coefficient (Wildman–Crippen LogP) is -0.481. The van der Waals surface area contributed by atoms with E-state index in [4.69, 9.17) is 16.2 Å². The van der Waals surface area contributed by atoms with Crippen molar-refractivity contribution in [3.05, 3.63) is 35.4 Å². The van der Waals surface area contributed by atoms with Crippen LogP contribution in [0.15, 0.2) is 24.3 Å². The van der Waals surface area contributed by atoms with Gasteiger partial charge in [-0.1, -0.05) is 12.1 Å². The Morgan fingerprint density at radius 3 is 2.84 bits per heavy atom. The molecule has 0 radical (unpaired) electrons. The number of nitrogens with one attached hydrogen (secondary N) is 1. The van der Waals surface area contributed by atoms with Crippen molar-refractivity contribution in [3.63, 3.8) is 0 Å². The van der Waals surface area contributed by atoms with Crippen LogP contribution in [0.4, 0.5) is 0 Å². The van der Waals surface area contributed by atoms with E-state index in [0.29, 0.717) is 25.1 Å². The average molecular weight is 263 g/mol. The SMILES string of the molecule is NC(=O)c1cccc(CNC(=O)C2(N)CCOC2)c1. The minimum absolute atomic E-state index is 0.236. The molecule has 6 nitrogen and oxygen atoms in total. The summed E-state index contributed by atoms with van der Waals surface area (Å²) in [5.74, 6) is -0.734. The summed E-state index contributed by atoms with van der Waals surface area (Å²) in [4.78, 5) is 23.0. The molecule has 0 aromatic heterocycles. The maximum Gasteiger partial charge on any atom is 0.248 e. The van der Waals surface area contributed by atoms with Crippen molar-refractivity contribution in [2.75, 3.05) is 13.2 Å². The average Bonchev–Trinajstić information content (AvgIpc) is 2.84. The molecular weight excluding hydrogens is 246 g/mol. The van der Waals surface area contributed by atoms with Crippen molar-refractivity contribution in [2.45, 2.75) is 18.5 Å². The number of benzene rings is 1. The van der Waals surface area contributed by atoms with Crippen LogP contribution >= 0.6 is 0 Å². The zero-order valence-corrected chi connectivity index (χ0v) is 10.5. The van der Waals surface area contributed by atoms with Gasteiger partial charge in [-0.3, -0.25) is 9.59 Å². The molecule has 1 atom stereocenters. The Bertz CT molecular complexity index is 496. The Morgan fingerprint density at radius 2 is 2.21 bits per heavy atom. The molecule has 1 aliphatic rings. The second-order valence-corrected chi connectivity index (χ2v) is 4.71. The first-order valence-electron chi connectivity index (χ1n) is 6.05. The maximum absolute atomic E-state index is 12.0. The number of nitrogens with two attached hydrogens (primary N) is 2. The molecule has 2 amide bonds. The summed E-state index contributed by atoms with van der Waals surface area (Å²) in [6.07, 6.45) is 0.514. The molecule has 0 saturated carbocycles. The van der Waals surface area contributed by atoms with Gasteiger partial charge < -0.3 is 21.5 Å². The van der Waals surface area contributed by atoms with E-state index in [9.17, 15) is 9.59 Å². The number of hydrogen-bond donors (Lipinski definition) is 3. The van der Waals surface area contributed by atoms with Crippen molar-refractivity contribution in [1.29, 1.82) is 0 Å². The standard InChI is InChI=1S/C13H17N3O3/c14-11(17)10-3-1-2-9(6-10)7-16-12(18)13(15)4-5-19-8-13/h1-3,6H,4-5,7-8,15H2,(H2,14,17)(H,16,18). The summed E-state index contributed by atoms with van der Waals surface area (Å²) in [6.45, 7) is 1.04. The first-order chi connectivity index (χ1) is 9.01. The summed E-state index contributed by atoms with van der Waals surface area (Å²) >= 11 is 0. The van der Waals surface area contributed by atoms with Gasteiger partial charge in [-0.25, -0.2) is 0 Å². The van der Waals surface area contributed by atoms with Crippen LogP contribution in [0, 0.1) is 0 Å². The second kappa shape index (κ2) is 5.38. The van der Waals surface area contributed by atoms with Gasteiger partial charge in [0.25, 0.3) is 0 Å². The van der Waals surface area contributed by atoms with E-state index in [1.54, 1.807) is 24.3 Å². The largest absolute Gasteiger partial charge is 0.379 e. The first-order valence-corrected chi connectivity index (χ1v) is 6.05. The number of carbonyl (C=O) groups is 2. The molecule has 1 fully saturated rings. The smallest absolute Gasteiger partial charge is 0.248 e. The molecule has 0 bridgehead atoms. The van der Waals surface area contributed by atoms with Crippen LogP contribution in [0.3, 0.4) is 0 Å². The van der Waals surface area contributed by atoms with E-state index >= 15 is 0 Å². The molecule has 19 heavy (non-hydrogen) atoms. The van der Waals surface area contributed by atoms with Crippen molar-refractivity contribution < 1.29 is 14.3 Å². The third-order valence-electron chi connectivity index (χ3n) is 3.17. The van der Waals surface area contributed by atoms with Crippen molar-refractivity contribution in [3.8, 4) is 0 Å². The third kappa shape index (κ3) is 3.10. The minimum Gasteiger partial charge on any atom is -0.379 e. The zero-order chi connectivity index (χ0) is 13.9. The Hall–Kier alpha value is -1.92. The normalized spacial score (nSPS) is 22.2. The van der Waals surface area contributed by atoms with E-state index in [2.05, 4.69) is 5.32 Å². The van der Waals surface area contributed by atoms with Crippen LogP contribution in [0.25, 0.3) is 0 Å². The number of amides is 2. The predicted molar refractivity (Wildman–Crippen MR) is 69.2 cm³/mol. The molecule has 1 unspecified atom stereocenters. The number of carbonyl (C=O) groups excluding carboxylic acids is 2. The van der Waals surface area contributed by atoms with Crippen LogP contribution in [0.5, 0.6) is 0 Å². The summed E-state index contributed by atoms with van der Waals surface area (Å²) in [5.41, 5.74) is 11.4. The van der Waals surface area contributed by atoms with E-state index in [-0.39, 0.29) is 12.5 Å². The highest BCUT2D eigenvalue weighted by Crippen LogP contribution is 2.15. The second-order valence-electron chi connectivity index (χ2n) is 4.71. The summed E-state index contributed by atoms with van der Waals surface area (Å²) < 4.78 is 5.14. The lowest BCUT2D eigenvalue weighted by molar-refractivity contribution is -0.126. The van der Waals surface area contributed by atoms with Gasteiger partial charge in [-0.2, -0.15) is 0 Å². The van der Waals surface area contributed by atoms with Gasteiger partial charge >= 0.3 is 0 Å². The van der Waals surface area contributed by atoms with Gasteiger partial charge in [0.15, 0.2) is 0 Å². The van der Waals surface area contributed by atoms with Gasteiger partial charge in [-0.15, -0.1) is 0 Å². The molecule has 6 heteroatoms. The van der Waals surface area contributed by atoms with Crippen molar-refractivity contribution in [1.82, 2.24) is 5.32 Å². The lowest BCUT2D eigenvalue weighted by atomic mass is 9.99. The summed E-state index contributed by atoms with van der Waals surface area (Å²) in [6, 6.07) is 6.80. The molecule has 102 valence electrons. The third-order valence-corrected chi connectivity index (χ3v) is 3.17. The van der Waals surface area contributed by atoms with E-state index < -0.39 is 11.4 Å². The van der Waals surface area contributed by atoms with Gasteiger partial charge in [0, 0.05) is 18.7 Å². The Labute approximate surface area is 111 Å². The highest BCUT2D eigenvalue weighted by molar-refractivity contribution is 5.93. The highest BCUT2D eigenvalue weighted by atomic mass is 16.5. The Kier molecular flexibility index (Phi) is 3.82. The fraction of sp³-hybridized carbons (Fsp3) is 0.385. The monoisotopic (exact) mass is 263 g/mol. The number of rotatable bonds is 4. The quantitative estimate of drug-likeness (QED) is 0.681. The van der Waals surface area contributed by atoms with Gasteiger partial charge in [0.1, 0.15) is 5.54 Å². The topological polar surface area (TPSA) is 107 Å². The molecule has 1 heterocycles. The molecule has 1 aromatic rings. The fourth-order valence-electron chi connectivity index (χ4n) is 1.95. The fourth-order valence-corrected chi connectivity index (χ4v) is 1.95. The molecule has 1 aliphatic heterocycles. The Morgan fingerprint density at radius 1 is 1.42 bits per heavy atom. The first kappa shape index (κ1) is 13.5. The summed E-state index contributed by atoms with van der Waals surface area (Å²) in [5, 5.41) is 2.75. The van der Waals surface area contributed by atoms with Crippen LogP contribution in [-0.4, -0.2) is 30.6 Å². The van der Waals surface area contributed by atoms with Crippen molar-refractivity contribution >= 4 is 11.8 Å². The summed E-state index contributed by atoms with van der Waals surface area (Å²) in [7, 11) is 0.